The predicted molar refractivity (Wildman–Crippen MR) is 117 cm³/mol. The molecular weight excluding hydrogens is 332 g/mol. The fourth-order valence-corrected chi connectivity index (χ4v) is 3.53. The SMILES string of the molecule is C=C(CCC(CCC)c1ccc(N)cc1)CC(=C)c1cc(NO)ccc1C. The van der Waals surface area contributed by atoms with Gasteiger partial charge in [-0.3, -0.25) is 10.7 Å². The van der Waals surface area contributed by atoms with E-state index in [-0.39, 0.29) is 0 Å². The highest BCUT2D eigenvalue weighted by Gasteiger charge is 2.12. The van der Waals surface area contributed by atoms with Crippen molar-refractivity contribution >= 4 is 16.9 Å². The zero-order chi connectivity index (χ0) is 19.8. The molecule has 1 unspecified atom stereocenters. The van der Waals surface area contributed by atoms with Crippen molar-refractivity contribution in [3.8, 4) is 0 Å². The molecule has 2 aromatic rings. The number of nitrogens with two attached hydrogens (primary N) is 1. The van der Waals surface area contributed by atoms with Gasteiger partial charge < -0.3 is 5.73 Å². The number of benzene rings is 2. The van der Waals surface area contributed by atoms with E-state index in [0.717, 1.165) is 48.1 Å². The number of hydrogen-bond acceptors (Lipinski definition) is 3. The maximum absolute atomic E-state index is 9.13. The molecule has 0 bridgehead atoms. The van der Waals surface area contributed by atoms with Crippen LogP contribution in [0.4, 0.5) is 11.4 Å². The van der Waals surface area contributed by atoms with Gasteiger partial charge in [0.05, 0.1) is 5.69 Å². The molecule has 144 valence electrons. The smallest absolute Gasteiger partial charge is 0.0608 e. The Bertz CT molecular complexity index is 777. The van der Waals surface area contributed by atoms with E-state index in [1.807, 2.05) is 30.3 Å². The van der Waals surface area contributed by atoms with Crippen molar-refractivity contribution in [2.45, 2.75) is 51.9 Å². The van der Waals surface area contributed by atoms with E-state index in [1.165, 1.54) is 17.6 Å². The zero-order valence-electron chi connectivity index (χ0n) is 16.6. The van der Waals surface area contributed by atoms with Gasteiger partial charge in [0.2, 0.25) is 0 Å². The van der Waals surface area contributed by atoms with Crippen molar-refractivity contribution in [3.05, 3.63) is 77.9 Å². The van der Waals surface area contributed by atoms with E-state index in [9.17, 15) is 0 Å². The molecule has 1 atom stereocenters. The number of aryl methyl sites for hydroxylation is 1. The molecular formula is C24H32N2O. The summed E-state index contributed by atoms with van der Waals surface area (Å²) in [6, 6.07) is 14.0. The van der Waals surface area contributed by atoms with Crippen molar-refractivity contribution in [2.75, 3.05) is 11.2 Å². The van der Waals surface area contributed by atoms with Crippen LogP contribution in [-0.4, -0.2) is 5.21 Å². The third kappa shape index (κ3) is 6.00. The third-order valence-electron chi connectivity index (χ3n) is 5.10. The van der Waals surface area contributed by atoms with Crippen LogP contribution in [0.3, 0.4) is 0 Å². The van der Waals surface area contributed by atoms with Crippen LogP contribution in [-0.2, 0) is 0 Å². The highest BCUT2D eigenvalue weighted by molar-refractivity contribution is 5.71. The van der Waals surface area contributed by atoms with E-state index in [2.05, 4.69) is 44.6 Å². The Hall–Kier alpha value is -2.52. The topological polar surface area (TPSA) is 58.3 Å². The molecule has 0 aliphatic carbocycles. The molecule has 0 saturated heterocycles. The molecule has 0 radical (unpaired) electrons. The second-order valence-electron chi connectivity index (χ2n) is 7.36. The van der Waals surface area contributed by atoms with E-state index in [0.29, 0.717) is 11.6 Å². The molecule has 0 saturated carbocycles. The number of hydrogen-bond donors (Lipinski definition) is 3. The number of rotatable bonds is 10. The number of anilines is 2. The maximum Gasteiger partial charge on any atom is 0.0608 e. The minimum Gasteiger partial charge on any atom is -0.399 e. The summed E-state index contributed by atoms with van der Waals surface area (Å²) in [5.41, 5.74) is 15.3. The molecule has 0 heterocycles. The lowest BCUT2D eigenvalue weighted by atomic mass is 9.87. The van der Waals surface area contributed by atoms with Crippen molar-refractivity contribution < 1.29 is 5.21 Å². The van der Waals surface area contributed by atoms with E-state index >= 15 is 0 Å². The van der Waals surface area contributed by atoms with Gasteiger partial charge in [-0.15, -0.1) is 0 Å². The first-order valence-corrected chi connectivity index (χ1v) is 9.65. The summed E-state index contributed by atoms with van der Waals surface area (Å²) >= 11 is 0. The Morgan fingerprint density at radius 1 is 1.11 bits per heavy atom. The summed E-state index contributed by atoms with van der Waals surface area (Å²) in [6.07, 6.45) is 5.16. The quantitative estimate of drug-likeness (QED) is 0.250. The fourth-order valence-electron chi connectivity index (χ4n) is 3.53. The molecule has 0 aliphatic heterocycles. The summed E-state index contributed by atoms with van der Waals surface area (Å²) in [4.78, 5) is 0. The summed E-state index contributed by atoms with van der Waals surface area (Å²) in [5.74, 6) is 0.532. The van der Waals surface area contributed by atoms with Gasteiger partial charge in [-0.25, -0.2) is 0 Å². The first-order chi connectivity index (χ1) is 12.9. The molecule has 0 aromatic heterocycles. The summed E-state index contributed by atoms with van der Waals surface area (Å²) < 4.78 is 0. The number of nitrogens with one attached hydrogen (secondary N) is 1. The minimum absolute atomic E-state index is 0.532. The lowest BCUT2D eigenvalue weighted by Gasteiger charge is -2.18. The van der Waals surface area contributed by atoms with Crippen LogP contribution in [0.15, 0.2) is 61.2 Å². The standard InChI is InChI=1S/C24H32N2O/c1-5-6-20(21-10-12-22(25)13-11-21)9-7-17(2)15-19(4)24-16-23(26-27)14-8-18(24)3/h8,10-14,16,20,26-27H,2,4-7,9,15,25H2,1,3H3. The lowest BCUT2D eigenvalue weighted by Crippen LogP contribution is -2.01. The molecule has 0 amide bonds. The molecule has 2 rings (SSSR count). The highest BCUT2D eigenvalue weighted by atomic mass is 16.5. The minimum atomic E-state index is 0.532. The molecule has 27 heavy (non-hydrogen) atoms. The second kappa shape index (κ2) is 9.98. The Morgan fingerprint density at radius 3 is 2.44 bits per heavy atom. The van der Waals surface area contributed by atoms with E-state index < -0.39 is 0 Å². The molecule has 3 heteroatoms. The maximum atomic E-state index is 9.13. The Kier molecular flexibility index (Phi) is 7.68. The van der Waals surface area contributed by atoms with Gasteiger partial charge in [-0.2, -0.15) is 0 Å². The average Bonchev–Trinajstić information content (AvgIpc) is 2.66. The van der Waals surface area contributed by atoms with Crippen molar-refractivity contribution in [1.82, 2.24) is 0 Å². The van der Waals surface area contributed by atoms with Crippen LogP contribution >= 0.6 is 0 Å². The van der Waals surface area contributed by atoms with E-state index in [4.69, 9.17) is 10.9 Å². The first kappa shape index (κ1) is 20.8. The Labute approximate surface area is 163 Å². The van der Waals surface area contributed by atoms with Crippen LogP contribution in [0.1, 0.15) is 61.6 Å². The van der Waals surface area contributed by atoms with Gasteiger partial charge >= 0.3 is 0 Å². The Balaban J connectivity index is 1.97. The van der Waals surface area contributed by atoms with Gasteiger partial charge in [0.15, 0.2) is 0 Å². The number of allylic oxidation sites excluding steroid dienone is 2. The average molecular weight is 365 g/mol. The molecule has 4 N–H and O–H groups in total. The van der Waals surface area contributed by atoms with Gasteiger partial charge in [0.25, 0.3) is 0 Å². The molecule has 0 fully saturated rings. The van der Waals surface area contributed by atoms with Crippen LogP contribution in [0.2, 0.25) is 0 Å². The first-order valence-electron chi connectivity index (χ1n) is 9.65. The second-order valence-corrected chi connectivity index (χ2v) is 7.36. The zero-order valence-corrected chi connectivity index (χ0v) is 16.6. The summed E-state index contributed by atoms with van der Waals surface area (Å²) in [7, 11) is 0. The van der Waals surface area contributed by atoms with Crippen molar-refractivity contribution in [2.24, 2.45) is 0 Å². The van der Waals surface area contributed by atoms with Crippen LogP contribution in [0, 0.1) is 6.92 Å². The van der Waals surface area contributed by atoms with Crippen molar-refractivity contribution in [3.63, 3.8) is 0 Å². The van der Waals surface area contributed by atoms with Crippen LogP contribution in [0.5, 0.6) is 0 Å². The molecule has 3 nitrogen and oxygen atoms in total. The van der Waals surface area contributed by atoms with Gasteiger partial charge in [-0.05, 0) is 85.1 Å². The van der Waals surface area contributed by atoms with Gasteiger partial charge in [-0.1, -0.05) is 50.3 Å². The highest BCUT2D eigenvalue weighted by Crippen LogP contribution is 2.31. The van der Waals surface area contributed by atoms with E-state index in [1.54, 1.807) is 0 Å². The van der Waals surface area contributed by atoms with Gasteiger partial charge in [0.1, 0.15) is 0 Å². The third-order valence-corrected chi connectivity index (χ3v) is 5.10. The largest absolute Gasteiger partial charge is 0.399 e. The molecule has 0 aliphatic rings. The van der Waals surface area contributed by atoms with Crippen LogP contribution in [0.25, 0.3) is 5.57 Å². The van der Waals surface area contributed by atoms with Crippen molar-refractivity contribution in [1.29, 1.82) is 0 Å². The Morgan fingerprint density at radius 2 is 1.81 bits per heavy atom. The number of nitrogen functional groups attached to an aromatic ring is 1. The lowest BCUT2D eigenvalue weighted by molar-refractivity contribution is 0.389. The van der Waals surface area contributed by atoms with Crippen LogP contribution < -0.4 is 11.2 Å². The van der Waals surface area contributed by atoms with Gasteiger partial charge in [0, 0.05) is 5.69 Å². The summed E-state index contributed by atoms with van der Waals surface area (Å²) in [5, 5.41) is 9.13. The normalized spacial score (nSPS) is 11.8. The predicted octanol–water partition coefficient (Wildman–Crippen LogP) is 6.70. The fraction of sp³-hybridized carbons (Fsp3) is 0.333. The molecule has 0 spiro atoms. The molecule has 2 aromatic carbocycles. The monoisotopic (exact) mass is 364 g/mol. The summed E-state index contributed by atoms with van der Waals surface area (Å²) in [6.45, 7) is 12.8.